The van der Waals surface area contributed by atoms with Crippen LogP contribution in [-0.2, 0) is 0 Å². The van der Waals surface area contributed by atoms with Gasteiger partial charge in [-0.1, -0.05) is 65.2 Å². The van der Waals surface area contributed by atoms with Crippen molar-refractivity contribution >= 4 is 0 Å². The SMILES string of the molecule is CCCCCCC(O)CCCCC(O)CCCC. The minimum absolute atomic E-state index is 0.116. The Hall–Kier alpha value is -0.0800. The molecule has 0 aromatic rings. The van der Waals surface area contributed by atoms with Crippen molar-refractivity contribution in [1.29, 1.82) is 0 Å². The number of unbranched alkanes of at least 4 members (excludes halogenated alkanes) is 5. The van der Waals surface area contributed by atoms with E-state index in [0.717, 1.165) is 57.8 Å². The van der Waals surface area contributed by atoms with Crippen LogP contribution in [0.2, 0.25) is 0 Å². The second-order valence-electron chi connectivity index (χ2n) is 5.58. The summed E-state index contributed by atoms with van der Waals surface area (Å²) in [6.45, 7) is 4.36. The maximum absolute atomic E-state index is 9.79. The molecule has 0 amide bonds. The smallest absolute Gasteiger partial charge is 0.0540 e. The van der Waals surface area contributed by atoms with E-state index in [-0.39, 0.29) is 12.2 Å². The van der Waals surface area contributed by atoms with Crippen molar-refractivity contribution in [2.45, 2.75) is 103 Å². The third kappa shape index (κ3) is 12.4. The highest BCUT2D eigenvalue weighted by Gasteiger charge is 2.06. The van der Waals surface area contributed by atoms with Crippen LogP contribution >= 0.6 is 0 Å². The Kier molecular flexibility index (Phi) is 13.3. The molecule has 0 heterocycles. The molecule has 0 bridgehead atoms. The maximum atomic E-state index is 9.79. The Morgan fingerprint density at radius 3 is 1.39 bits per heavy atom. The van der Waals surface area contributed by atoms with E-state index in [4.69, 9.17) is 0 Å². The molecule has 0 saturated carbocycles. The number of hydrogen-bond donors (Lipinski definition) is 2. The largest absolute Gasteiger partial charge is 0.393 e. The second-order valence-corrected chi connectivity index (χ2v) is 5.58. The van der Waals surface area contributed by atoms with Crippen LogP contribution in [0.15, 0.2) is 0 Å². The zero-order valence-corrected chi connectivity index (χ0v) is 12.5. The molecule has 0 fully saturated rings. The van der Waals surface area contributed by atoms with Crippen LogP contribution in [0.3, 0.4) is 0 Å². The van der Waals surface area contributed by atoms with Gasteiger partial charge in [0.05, 0.1) is 12.2 Å². The topological polar surface area (TPSA) is 40.5 Å². The molecular weight excluding hydrogens is 224 g/mol. The van der Waals surface area contributed by atoms with Gasteiger partial charge in [-0.2, -0.15) is 0 Å². The Labute approximate surface area is 114 Å². The molecule has 110 valence electrons. The van der Waals surface area contributed by atoms with E-state index >= 15 is 0 Å². The summed E-state index contributed by atoms with van der Waals surface area (Å²) < 4.78 is 0. The molecule has 2 heteroatoms. The molecule has 0 radical (unpaired) electrons. The first-order chi connectivity index (χ1) is 8.70. The average molecular weight is 258 g/mol. The Morgan fingerprint density at radius 2 is 0.944 bits per heavy atom. The van der Waals surface area contributed by atoms with Gasteiger partial charge in [0.25, 0.3) is 0 Å². The lowest BCUT2D eigenvalue weighted by molar-refractivity contribution is 0.132. The number of aliphatic hydroxyl groups excluding tert-OH is 2. The van der Waals surface area contributed by atoms with E-state index in [2.05, 4.69) is 13.8 Å². The van der Waals surface area contributed by atoms with E-state index in [1.54, 1.807) is 0 Å². The molecule has 2 unspecified atom stereocenters. The Balaban J connectivity index is 3.26. The summed E-state index contributed by atoms with van der Waals surface area (Å²) in [6.07, 6.45) is 12.8. The molecule has 2 atom stereocenters. The zero-order valence-electron chi connectivity index (χ0n) is 12.5. The quantitative estimate of drug-likeness (QED) is 0.480. The summed E-state index contributed by atoms with van der Waals surface area (Å²) in [5, 5.41) is 19.5. The van der Waals surface area contributed by atoms with E-state index in [0.29, 0.717) is 0 Å². The van der Waals surface area contributed by atoms with Gasteiger partial charge in [0, 0.05) is 0 Å². The third-order valence-corrected chi connectivity index (χ3v) is 3.61. The summed E-state index contributed by atoms with van der Waals surface area (Å²) in [5.74, 6) is 0. The summed E-state index contributed by atoms with van der Waals surface area (Å²) in [7, 11) is 0. The predicted molar refractivity (Wildman–Crippen MR) is 78.8 cm³/mol. The highest BCUT2D eigenvalue weighted by atomic mass is 16.3. The normalized spacial score (nSPS) is 14.7. The summed E-state index contributed by atoms with van der Waals surface area (Å²) >= 11 is 0. The van der Waals surface area contributed by atoms with Gasteiger partial charge < -0.3 is 10.2 Å². The van der Waals surface area contributed by atoms with E-state index in [1.807, 2.05) is 0 Å². The van der Waals surface area contributed by atoms with Crippen LogP contribution in [0, 0.1) is 0 Å². The first-order valence-electron chi connectivity index (χ1n) is 8.06. The van der Waals surface area contributed by atoms with Crippen molar-refractivity contribution in [1.82, 2.24) is 0 Å². The Bertz CT molecular complexity index is 159. The van der Waals surface area contributed by atoms with Gasteiger partial charge in [-0.05, 0) is 25.7 Å². The lowest BCUT2D eigenvalue weighted by Crippen LogP contribution is -2.08. The molecule has 2 N–H and O–H groups in total. The lowest BCUT2D eigenvalue weighted by atomic mass is 10.0. The first-order valence-corrected chi connectivity index (χ1v) is 8.06. The number of rotatable bonds is 13. The minimum Gasteiger partial charge on any atom is -0.393 e. The summed E-state index contributed by atoms with van der Waals surface area (Å²) in [5.41, 5.74) is 0. The molecular formula is C16H34O2. The predicted octanol–water partition coefficient (Wildman–Crippen LogP) is 4.43. The van der Waals surface area contributed by atoms with Crippen molar-refractivity contribution in [2.75, 3.05) is 0 Å². The zero-order chi connectivity index (χ0) is 13.6. The fourth-order valence-electron chi connectivity index (χ4n) is 2.30. The summed E-state index contributed by atoms with van der Waals surface area (Å²) in [4.78, 5) is 0. The minimum atomic E-state index is -0.119. The van der Waals surface area contributed by atoms with Gasteiger partial charge in [0.15, 0.2) is 0 Å². The molecule has 0 aliphatic rings. The van der Waals surface area contributed by atoms with Crippen LogP contribution in [0.4, 0.5) is 0 Å². The van der Waals surface area contributed by atoms with Crippen LogP contribution in [0.5, 0.6) is 0 Å². The van der Waals surface area contributed by atoms with Crippen molar-refractivity contribution in [3.63, 3.8) is 0 Å². The number of hydrogen-bond acceptors (Lipinski definition) is 2. The highest BCUT2D eigenvalue weighted by molar-refractivity contribution is 4.60. The molecule has 0 saturated heterocycles. The van der Waals surface area contributed by atoms with Gasteiger partial charge >= 0.3 is 0 Å². The van der Waals surface area contributed by atoms with Crippen molar-refractivity contribution < 1.29 is 10.2 Å². The lowest BCUT2D eigenvalue weighted by Gasteiger charge is -2.12. The molecule has 0 rings (SSSR count). The molecule has 0 aromatic carbocycles. The monoisotopic (exact) mass is 258 g/mol. The van der Waals surface area contributed by atoms with Gasteiger partial charge in [0.1, 0.15) is 0 Å². The van der Waals surface area contributed by atoms with Gasteiger partial charge in [-0.25, -0.2) is 0 Å². The van der Waals surface area contributed by atoms with Crippen LogP contribution in [0.1, 0.15) is 90.9 Å². The van der Waals surface area contributed by atoms with Gasteiger partial charge in [0.2, 0.25) is 0 Å². The summed E-state index contributed by atoms with van der Waals surface area (Å²) in [6, 6.07) is 0. The molecule has 18 heavy (non-hydrogen) atoms. The van der Waals surface area contributed by atoms with Crippen LogP contribution in [0.25, 0.3) is 0 Å². The molecule has 0 aromatic heterocycles. The third-order valence-electron chi connectivity index (χ3n) is 3.61. The van der Waals surface area contributed by atoms with E-state index < -0.39 is 0 Å². The average Bonchev–Trinajstić information content (AvgIpc) is 2.37. The van der Waals surface area contributed by atoms with Crippen molar-refractivity contribution in [2.24, 2.45) is 0 Å². The van der Waals surface area contributed by atoms with E-state index in [9.17, 15) is 10.2 Å². The van der Waals surface area contributed by atoms with Gasteiger partial charge in [-0.15, -0.1) is 0 Å². The van der Waals surface area contributed by atoms with Crippen LogP contribution in [-0.4, -0.2) is 22.4 Å². The van der Waals surface area contributed by atoms with Crippen molar-refractivity contribution in [3.8, 4) is 0 Å². The standard InChI is InChI=1S/C16H34O2/c1-3-5-7-8-12-16(18)14-10-9-13-15(17)11-6-4-2/h15-18H,3-14H2,1-2H3. The molecule has 0 spiro atoms. The second kappa shape index (κ2) is 13.4. The fourth-order valence-corrected chi connectivity index (χ4v) is 2.30. The first kappa shape index (κ1) is 17.9. The van der Waals surface area contributed by atoms with Crippen molar-refractivity contribution in [3.05, 3.63) is 0 Å². The van der Waals surface area contributed by atoms with Gasteiger partial charge in [-0.3, -0.25) is 0 Å². The van der Waals surface area contributed by atoms with E-state index in [1.165, 1.54) is 19.3 Å². The highest BCUT2D eigenvalue weighted by Crippen LogP contribution is 2.13. The molecule has 0 aliphatic heterocycles. The molecule has 2 nitrogen and oxygen atoms in total. The number of aliphatic hydroxyl groups is 2. The molecule has 0 aliphatic carbocycles. The maximum Gasteiger partial charge on any atom is 0.0540 e. The Morgan fingerprint density at radius 1 is 0.556 bits per heavy atom. The van der Waals surface area contributed by atoms with Crippen LogP contribution < -0.4 is 0 Å². The fraction of sp³-hybridized carbons (Fsp3) is 1.00.